The van der Waals surface area contributed by atoms with Crippen LogP contribution in [0.15, 0.2) is 140 Å². The van der Waals surface area contributed by atoms with Crippen LogP contribution >= 0.6 is 0 Å². The zero-order valence-corrected chi connectivity index (χ0v) is 39.3. The summed E-state index contributed by atoms with van der Waals surface area (Å²) >= 11 is 0. The number of hydrogen-bond acceptors (Lipinski definition) is 6. The molecule has 7 aromatic carbocycles. The van der Waals surface area contributed by atoms with Gasteiger partial charge in [0, 0.05) is 46.3 Å². The van der Waals surface area contributed by atoms with Crippen molar-refractivity contribution in [3.05, 3.63) is 167 Å². The molecule has 6 nitrogen and oxygen atoms in total. The summed E-state index contributed by atoms with van der Waals surface area (Å²) in [5.74, 6) is 3.35. The maximum absolute atomic E-state index is 8.03. The first-order valence-corrected chi connectivity index (χ1v) is 23.5. The molecule has 334 valence electrons. The quantitative estimate of drug-likeness (QED) is 0.152. The molecular formula is C60H59NO5. The van der Waals surface area contributed by atoms with Gasteiger partial charge >= 0.3 is 0 Å². The van der Waals surface area contributed by atoms with Crippen molar-refractivity contribution in [1.29, 1.82) is 0 Å². The molecule has 4 aliphatic rings. The summed E-state index contributed by atoms with van der Waals surface area (Å²) in [5.41, 5.74) is 13.4. The van der Waals surface area contributed by atoms with E-state index in [-0.39, 0.29) is 16.2 Å². The van der Waals surface area contributed by atoms with Gasteiger partial charge in [-0.1, -0.05) is 107 Å². The third kappa shape index (κ3) is 6.87. The molecule has 1 atom stereocenters. The molecule has 0 amide bonds. The first-order valence-electron chi connectivity index (χ1n) is 23.5. The summed E-state index contributed by atoms with van der Waals surface area (Å²) in [6.45, 7) is 13.1. The maximum Gasteiger partial charge on any atom is 0.178 e. The predicted molar refractivity (Wildman–Crippen MR) is 268 cm³/mol. The predicted octanol–water partition coefficient (Wildman–Crippen LogP) is 13.9. The van der Waals surface area contributed by atoms with E-state index < -0.39 is 5.60 Å². The second kappa shape index (κ2) is 15.8. The fourth-order valence-electron chi connectivity index (χ4n) is 12.8. The van der Waals surface area contributed by atoms with Gasteiger partial charge in [-0.15, -0.1) is 0 Å². The number of fused-ring (bicyclic) bond motifs is 10. The molecule has 66 heavy (non-hydrogen) atoms. The van der Waals surface area contributed by atoms with Crippen molar-refractivity contribution in [2.45, 2.75) is 58.0 Å². The first-order chi connectivity index (χ1) is 31.9. The Morgan fingerprint density at radius 1 is 0.545 bits per heavy atom. The number of benzene rings is 7. The van der Waals surface area contributed by atoms with Gasteiger partial charge in [-0.2, -0.15) is 0 Å². The maximum atomic E-state index is 8.03. The molecule has 1 saturated carbocycles. The van der Waals surface area contributed by atoms with Crippen LogP contribution < -0.4 is 23.8 Å². The van der Waals surface area contributed by atoms with Crippen molar-refractivity contribution < 1.29 is 23.7 Å². The standard InChI is InChI=1S/C60H59NO5/c1-57(2)36-58(3,4)38-59(37-57)53-11-9-8-10-47(53)54-51-34-49(39-12-22-44(62-5)23-13-39)50(40-14-24-45(63-6)25-15-40)35-52(51)56-48(55(54)59)28-29-60(66-56,42-18-26-46(64-7)27-19-42)41-16-20-43(21-17-41)61-30-32-65-33-31-61/h8-29,34-35H,30-33,36-38H2,1-7H3. The highest BCUT2D eigenvalue weighted by atomic mass is 16.5. The number of ether oxygens (including phenoxy) is 5. The lowest BCUT2D eigenvalue weighted by Crippen LogP contribution is -2.44. The fraction of sp³-hybridized carbons (Fsp3) is 0.300. The molecule has 2 aliphatic carbocycles. The molecule has 7 aromatic rings. The molecule has 1 saturated heterocycles. The summed E-state index contributed by atoms with van der Waals surface area (Å²) in [7, 11) is 5.16. The summed E-state index contributed by atoms with van der Waals surface area (Å²) < 4.78 is 30.8. The Balaban J connectivity index is 1.24. The Kier molecular flexibility index (Phi) is 10.1. The Morgan fingerprint density at radius 3 is 1.62 bits per heavy atom. The SMILES string of the molecule is COc1ccc(-c2cc3c4c(c5c(c3cc2-c2ccc(OC)cc2)-c2ccccc2C52CC(C)(C)CC(C)(C)C2)C=CC(c2ccc(OC)cc2)(c2ccc(N3CCOCC3)cc2)O4)cc1. The van der Waals surface area contributed by atoms with Crippen LogP contribution in [-0.4, -0.2) is 47.6 Å². The molecule has 0 radical (unpaired) electrons. The number of hydrogen-bond donors (Lipinski definition) is 0. The molecule has 0 aromatic heterocycles. The third-order valence-corrected chi connectivity index (χ3v) is 14.9. The lowest BCUT2D eigenvalue weighted by atomic mass is 9.52. The van der Waals surface area contributed by atoms with Crippen molar-refractivity contribution >= 4 is 22.5 Å². The second-order valence-electron chi connectivity index (χ2n) is 20.4. The van der Waals surface area contributed by atoms with Crippen LogP contribution in [0.2, 0.25) is 0 Å². The van der Waals surface area contributed by atoms with Gasteiger partial charge in [0.2, 0.25) is 0 Å². The minimum Gasteiger partial charge on any atom is -0.497 e. The van der Waals surface area contributed by atoms with Gasteiger partial charge in [0.1, 0.15) is 23.0 Å². The van der Waals surface area contributed by atoms with Crippen molar-refractivity contribution in [1.82, 2.24) is 0 Å². The van der Waals surface area contributed by atoms with Crippen LogP contribution in [0.1, 0.15) is 74.8 Å². The van der Waals surface area contributed by atoms with Crippen LogP contribution in [0, 0.1) is 10.8 Å². The Bertz CT molecular complexity index is 2980. The van der Waals surface area contributed by atoms with E-state index in [1.807, 2.05) is 12.1 Å². The van der Waals surface area contributed by atoms with Gasteiger partial charge in [0.15, 0.2) is 5.60 Å². The fourth-order valence-corrected chi connectivity index (χ4v) is 12.8. The zero-order valence-electron chi connectivity index (χ0n) is 39.3. The van der Waals surface area contributed by atoms with Gasteiger partial charge in [-0.3, -0.25) is 0 Å². The van der Waals surface area contributed by atoms with Gasteiger partial charge in [0.25, 0.3) is 0 Å². The van der Waals surface area contributed by atoms with Gasteiger partial charge in [-0.05, 0) is 147 Å². The summed E-state index contributed by atoms with van der Waals surface area (Å²) in [6.07, 6.45) is 8.00. The summed E-state index contributed by atoms with van der Waals surface area (Å²) in [5, 5.41) is 2.28. The van der Waals surface area contributed by atoms with Gasteiger partial charge < -0.3 is 28.6 Å². The number of nitrogens with zero attached hydrogens (tertiary/aromatic N) is 1. The van der Waals surface area contributed by atoms with E-state index in [2.05, 4.69) is 166 Å². The minimum absolute atomic E-state index is 0.0963. The molecule has 2 aliphatic heterocycles. The van der Waals surface area contributed by atoms with Crippen LogP contribution in [0.25, 0.3) is 50.2 Å². The van der Waals surface area contributed by atoms with Crippen molar-refractivity contribution in [2.24, 2.45) is 10.8 Å². The van der Waals surface area contributed by atoms with Crippen molar-refractivity contribution in [3.63, 3.8) is 0 Å². The normalized spacial score (nSPS) is 19.7. The summed E-state index contributed by atoms with van der Waals surface area (Å²) in [4.78, 5) is 2.41. The Hall–Kier alpha value is -6.50. The third-order valence-electron chi connectivity index (χ3n) is 14.9. The molecule has 0 bridgehead atoms. The van der Waals surface area contributed by atoms with E-state index in [1.165, 1.54) is 38.9 Å². The van der Waals surface area contributed by atoms with Crippen molar-refractivity contribution in [3.8, 4) is 56.4 Å². The van der Waals surface area contributed by atoms with E-state index in [0.717, 1.165) is 107 Å². The number of rotatable bonds is 8. The molecule has 11 rings (SSSR count). The highest BCUT2D eigenvalue weighted by molar-refractivity contribution is 6.12. The first kappa shape index (κ1) is 42.2. The molecule has 2 fully saturated rings. The van der Waals surface area contributed by atoms with E-state index in [9.17, 15) is 0 Å². The van der Waals surface area contributed by atoms with Crippen LogP contribution in [0.4, 0.5) is 5.69 Å². The van der Waals surface area contributed by atoms with E-state index in [0.29, 0.717) is 0 Å². The monoisotopic (exact) mass is 873 g/mol. The van der Waals surface area contributed by atoms with Crippen LogP contribution in [0.5, 0.6) is 23.0 Å². The largest absolute Gasteiger partial charge is 0.497 e. The second-order valence-corrected chi connectivity index (χ2v) is 20.4. The van der Waals surface area contributed by atoms with Gasteiger partial charge in [-0.25, -0.2) is 0 Å². The van der Waals surface area contributed by atoms with Crippen molar-refractivity contribution in [2.75, 3.05) is 52.5 Å². The average molecular weight is 874 g/mol. The van der Waals surface area contributed by atoms with E-state index >= 15 is 0 Å². The minimum atomic E-state index is -0.956. The zero-order chi connectivity index (χ0) is 45.4. The van der Waals surface area contributed by atoms with Gasteiger partial charge in [0.05, 0.1) is 34.5 Å². The number of methoxy groups -OCH3 is 3. The number of morpholine rings is 1. The molecule has 2 heterocycles. The Labute approximate surface area is 389 Å². The van der Waals surface area contributed by atoms with Crippen LogP contribution in [-0.2, 0) is 15.8 Å². The molecule has 0 N–H and O–H groups in total. The van der Waals surface area contributed by atoms with E-state index in [4.69, 9.17) is 23.7 Å². The highest BCUT2D eigenvalue weighted by Crippen LogP contribution is 2.67. The highest BCUT2D eigenvalue weighted by Gasteiger charge is 2.55. The molecule has 6 heteroatoms. The number of anilines is 1. The topological polar surface area (TPSA) is 49.4 Å². The van der Waals surface area contributed by atoms with Crippen LogP contribution in [0.3, 0.4) is 0 Å². The van der Waals surface area contributed by atoms with E-state index in [1.54, 1.807) is 21.3 Å². The summed E-state index contributed by atoms with van der Waals surface area (Å²) in [6, 6.07) is 48.5. The smallest absolute Gasteiger partial charge is 0.178 e. The molecule has 1 spiro atoms. The molecule has 1 unspecified atom stereocenters. The average Bonchev–Trinajstić information content (AvgIpc) is 3.60. The Morgan fingerprint density at radius 2 is 1.06 bits per heavy atom. The lowest BCUT2D eigenvalue weighted by Gasteiger charge is -2.52. The lowest BCUT2D eigenvalue weighted by molar-refractivity contribution is 0.0642. The molecular weight excluding hydrogens is 815 g/mol.